The van der Waals surface area contributed by atoms with E-state index in [1.54, 1.807) is 0 Å². The van der Waals surface area contributed by atoms with E-state index in [-0.39, 0.29) is 6.10 Å². The van der Waals surface area contributed by atoms with Crippen molar-refractivity contribution in [3.63, 3.8) is 0 Å². The summed E-state index contributed by atoms with van der Waals surface area (Å²) in [5, 5.41) is 0. The van der Waals surface area contributed by atoms with Crippen molar-refractivity contribution in [1.29, 1.82) is 0 Å². The van der Waals surface area contributed by atoms with Gasteiger partial charge in [0.05, 0.1) is 12.7 Å². The molecule has 1 aliphatic rings. The Morgan fingerprint density at radius 1 is 0.818 bits per heavy atom. The van der Waals surface area contributed by atoms with E-state index >= 15 is 0 Å². The summed E-state index contributed by atoms with van der Waals surface area (Å²) in [4.78, 5) is 2.55. The van der Waals surface area contributed by atoms with Crippen molar-refractivity contribution in [1.82, 2.24) is 4.90 Å². The van der Waals surface area contributed by atoms with Crippen molar-refractivity contribution in [2.45, 2.75) is 32.0 Å². The fourth-order valence-corrected chi connectivity index (χ4v) is 3.07. The molecule has 0 unspecified atom stereocenters. The maximum atomic E-state index is 6.28. The smallest absolute Gasteiger partial charge is 0.0956 e. The summed E-state index contributed by atoms with van der Waals surface area (Å²) >= 11 is 0. The first-order chi connectivity index (χ1) is 10.9. The van der Waals surface area contributed by atoms with Crippen molar-refractivity contribution < 1.29 is 4.74 Å². The molecule has 2 heteroatoms. The zero-order valence-corrected chi connectivity index (χ0v) is 13.2. The minimum absolute atomic E-state index is 0.152. The third-order valence-corrected chi connectivity index (χ3v) is 4.34. The van der Waals surface area contributed by atoms with Crippen molar-refractivity contribution in [2.24, 2.45) is 0 Å². The van der Waals surface area contributed by atoms with Crippen LogP contribution in [0.15, 0.2) is 60.7 Å². The van der Waals surface area contributed by atoms with E-state index < -0.39 is 0 Å². The molecular formula is C20H25NO. The monoisotopic (exact) mass is 295 g/mol. The lowest BCUT2D eigenvalue weighted by molar-refractivity contribution is 0.00999. The average Bonchev–Trinajstić information content (AvgIpc) is 2.61. The van der Waals surface area contributed by atoms with Crippen molar-refractivity contribution in [3.8, 4) is 0 Å². The van der Waals surface area contributed by atoms with E-state index in [4.69, 9.17) is 4.74 Å². The van der Waals surface area contributed by atoms with Gasteiger partial charge in [0.1, 0.15) is 0 Å². The first-order valence-corrected chi connectivity index (χ1v) is 8.34. The molecule has 1 aliphatic heterocycles. The molecule has 116 valence electrons. The molecule has 1 fully saturated rings. The van der Waals surface area contributed by atoms with Gasteiger partial charge in [0.25, 0.3) is 0 Å². The third kappa shape index (κ3) is 4.43. The molecule has 2 aromatic carbocycles. The zero-order valence-electron chi connectivity index (χ0n) is 13.2. The molecule has 2 aromatic rings. The van der Waals surface area contributed by atoms with E-state index in [9.17, 15) is 0 Å². The van der Waals surface area contributed by atoms with Crippen LogP contribution in [0.5, 0.6) is 0 Å². The molecule has 0 spiro atoms. The largest absolute Gasteiger partial charge is 0.368 e. The molecule has 0 bridgehead atoms. The number of nitrogens with zero attached hydrogens (tertiary/aromatic N) is 1. The van der Waals surface area contributed by atoms with E-state index in [0.29, 0.717) is 6.61 Å². The van der Waals surface area contributed by atoms with Gasteiger partial charge in [-0.1, -0.05) is 67.1 Å². The molecule has 1 saturated heterocycles. The average molecular weight is 295 g/mol. The summed E-state index contributed by atoms with van der Waals surface area (Å²) in [5.41, 5.74) is 2.52. The van der Waals surface area contributed by atoms with E-state index in [2.05, 4.69) is 59.5 Å². The Balaban J connectivity index is 1.65. The van der Waals surface area contributed by atoms with Crippen LogP contribution in [0.1, 0.15) is 36.5 Å². The lowest BCUT2D eigenvalue weighted by atomic mass is 10.1. The first kappa shape index (κ1) is 15.3. The van der Waals surface area contributed by atoms with E-state index in [1.165, 1.54) is 43.5 Å². The van der Waals surface area contributed by atoms with Gasteiger partial charge < -0.3 is 9.64 Å². The molecule has 1 heterocycles. The van der Waals surface area contributed by atoms with Crippen molar-refractivity contribution >= 4 is 0 Å². The normalized spacial score (nSPS) is 17.3. The summed E-state index contributed by atoms with van der Waals surface area (Å²) in [5.74, 6) is 0. The highest BCUT2D eigenvalue weighted by molar-refractivity contribution is 5.19. The number of hydrogen-bond donors (Lipinski definition) is 0. The van der Waals surface area contributed by atoms with Gasteiger partial charge in [-0.05, 0) is 37.1 Å². The molecule has 1 atom stereocenters. The van der Waals surface area contributed by atoms with Crippen LogP contribution in [0.4, 0.5) is 0 Å². The summed E-state index contributed by atoms with van der Waals surface area (Å²) < 4.78 is 6.28. The predicted octanol–water partition coefficient (Wildman–Crippen LogP) is 4.43. The van der Waals surface area contributed by atoms with Crippen LogP contribution in [0, 0.1) is 0 Å². The minimum Gasteiger partial charge on any atom is -0.368 e. The first-order valence-electron chi connectivity index (χ1n) is 8.34. The Labute approximate surface area is 133 Å². The van der Waals surface area contributed by atoms with Crippen molar-refractivity contribution in [2.75, 3.05) is 19.6 Å². The molecule has 0 aromatic heterocycles. The van der Waals surface area contributed by atoms with Gasteiger partial charge in [-0.15, -0.1) is 0 Å². The van der Waals surface area contributed by atoms with Gasteiger partial charge in [-0.25, -0.2) is 0 Å². The molecule has 0 amide bonds. The van der Waals surface area contributed by atoms with Crippen LogP contribution in [0.25, 0.3) is 0 Å². The van der Waals surface area contributed by atoms with Crippen LogP contribution in [-0.2, 0) is 11.3 Å². The predicted molar refractivity (Wildman–Crippen MR) is 90.7 cm³/mol. The fourth-order valence-electron chi connectivity index (χ4n) is 3.07. The Bertz CT molecular complexity index is 534. The molecule has 22 heavy (non-hydrogen) atoms. The number of rotatable bonds is 6. The molecule has 0 N–H and O–H groups in total. The second kappa shape index (κ2) is 8.11. The summed E-state index contributed by atoms with van der Waals surface area (Å²) in [6.07, 6.45) is 4.16. The molecule has 2 nitrogen and oxygen atoms in total. The van der Waals surface area contributed by atoms with Crippen LogP contribution in [0.2, 0.25) is 0 Å². The van der Waals surface area contributed by atoms with Crippen LogP contribution >= 0.6 is 0 Å². The number of ether oxygens (including phenoxy) is 1. The Kier molecular flexibility index (Phi) is 5.63. The topological polar surface area (TPSA) is 12.5 Å². The van der Waals surface area contributed by atoms with E-state index in [0.717, 1.165) is 6.54 Å². The number of likely N-dealkylation sites (tertiary alicyclic amines) is 1. The Morgan fingerprint density at radius 2 is 1.45 bits per heavy atom. The molecule has 0 aliphatic carbocycles. The highest BCUT2D eigenvalue weighted by Gasteiger charge is 2.18. The van der Waals surface area contributed by atoms with E-state index in [1.807, 2.05) is 6.07 Å². The molecule has 3 rings (SSSR count). The maximum Gasteiger partial charge on any atom is 0.0956 e. The van der Waals surface area contributed by atoms with Gasteiger partial charge in [0, 0.05) is 6.54 Å². The highest BCUT2D eigenvalue weighted by atomic mass is 16.5. The van der Waals surface area contributed by atoms with Crippen LogP contribution < -0.4 is 0 Å². The minimum atomic E-state index is 0.152. The quantitative estimate of drug-likeness (QED) is 0.781. The Morgan fingerprint density at radius 3 is 2.14 bits per heavy atom. The third-order valence-electron chi connectivity index (χ3n) is 4.34. The fraction of sp³-hybridized carbons (Fsp3) is 0.400. The number of benzene rings is 2. The van der Waals surface area contributed by atoms with Gasteiger partial charge in [-0.3, -0.25) is 0 Å². The summed E-state index contributed by atoms with van der Waals surface area (Å²) in [6, 6.07) is 21.1. The van der Waals surface area contributed by atoms with Gasteiger partial charge in [-0.2, -0.15) is 0 Å². The highest BCUT2D eigenvalue weighted by Crippen LogP contribution is 2.22. The number of piperidine rings is 1. The maximum absolute atomic E-state index is 6.28. The van der Waals surface area contributed by atoms with Crippen LogP contribution in [0.3, 0.4) is 0 Å². The standard InChI is InChI=1S/C20H25NO/c1-4-10-18(11-5-1)17-22-20(19-12-6-2-7-13-19)16-21-14-8-3-9-15-21/h1-2,4-7,10-13,20H,3,8-9,14-17H2/t20-/m1/s1. The molecule has 0 saturated carbocycles. The number of hydrogen-bond acceptors (Lipinski definition) is 2. The Hall–Kier alpha value is -1.64. The molecular weight excluding hydrogens is 270 g/mol. The van der Waals surface area contributed by atoms with Crippen LogP contribution in [-0.4, -0.2) is 24.5 Å². The van der Waals surface area contributed by atoms with Crippen molar-refractivity contribution in [3.05, 3.63) is 71.8 Å². The SMILES string of the molecule is c1ccc(CO[C@H](CN2CCCCC2)c2ccccc2)cc1. The lowest BCUT2D eigenvalue weighted by Crippen LogP contribution is -2.34. The summed E-state index contributed by atoms with van der Waals surface area (Å²) in [7, 11) is 0. The van der Waals surface area contributed by atoms with Gasteiger partial charge in [0.15, 0.2) is 0 Å². The second-order valence-electron chi connectivity index (χ2n) is 6.06. The van der Waals surface area contributed by atoms with Gasteiger partial charge >= 0.3 is 0 Å². The lowest BCUT2D eigenvalue weighted by Gasteiger charge is -2.30. The second-order valence-corrected chi connectivity index (χ2v) is 6.06. The molecule has 0 radical (unpaired) electrons. The summed E-state index contributed by atoms with van der Waals surface area (Å²) in [6.45, 7) is 4.08. The zero-order chi connectivity index (χ0) is 15.0. The van der Waals surface area contributed by atoms with Gasteiger partial charge in [0.2, 0.25) is 0 Å².